The van der Waals surface area contributed by atoms with E-state index in [1.54, 1.807) is 7.11 Å². The van der Waals surface area contributed by atoms with Crippen LogP contribution in [0.3, 0.4) is 0 Å². The Bertz CT molecular complexity index is 364. The number of hydrogen-bond acceptors (Lipinski definition) is 3. The zero-order valence-corrected chi connectivity index (χ0v) is 13.4. The van der Waals surface area contributed by atoms with Crippen LogP contribution in [0.15, 0.2) is 24.3 Å². The quantitative estimate of drug-likeness (QED) is 0.754. The molecule has 114 valence electrons. The van der Waals surface area contributed by atoms with Crippen LogP contribution in [0.5, 0.6) is 0 Å². The number of hydrogen-bond donors (Lipinski definition) is 1. The lowest BCUT2D eigenvalue weighted by molar-refractivity contribution is 0.0986. The second-order valence-electron chi connectivity index (χ2n) is 5.49. The molecular weight excluding hydrogens is 248 g/mol. The van der Waals surface area contributed by atoms with Crippen LogP contribution < -0.4 is 5.73 Å². The first-order valence-electron chi connectivity index (χ1n) is 7.69. The van der Waals surface area contributed by atoms with Crippen LogP contribution in [0.1, 0.15) is 44.4 Å². The van der Waals surface area contributed by atoms with Crippen LogP contribution in [-0.4, -0.2) is 37.7 Å². The lowest BCUT2D eigenvalue weighted by Gasteiger charge is -2.30. The Balaban J connectivity index is 2.61. The van der Waals surface area contributed by atoms with E-state index in [0.29, 0.717) is 6.04 Å². The molecule has 2 atom stereocenters. The highest BCUT2D eigenvalue weighted by Gasteiger charge is 2.16. The van der Waals surface area contributed by atoms with Crippen LogP contribution >= 0.6 is 0 Å². The fourth-order valence-electron chi connectivity index (χ4n) is 2.55. The van der Waals surface area contributed by atoms with Gasteiger partial charge in [-0.1, -0.05) is 44.5 Å². The molecule has 0 aliphatic heterocycles. The third kappa shape index (κ3) is 5.23. The summed E-state index contributed by atoms with van der Waals surface area (Å²) in [5, 5.41) is 0. The third-order valence-electron chi connectivity index (χ3n) is 3.82. The van der Waals surface area contributed by atoms with E-state index in [9.17, 15) is 0 Å². The number of ether oxygens (including phenoxy) is 1. The summed E-state index contributed by atoms with van der Waals surface area (Å²) in [6.07, 6.45) is 2.32. The molecule has 1 rings (SSSR count). The first-order chi connectivity index (χ1) is 9.62. The maximum absolute atomic E-state index is 6.35. The molecule has 3 nitrogen and oxygen atoms in total. The lowest BCUT2D eigenvalue weighted by atomic mass is 10.0. The summed E-state index contributed by atoms with van der Waals surface area (Å²) in [6, 6.07) is 9.20. The predicted molar refractivity (Wildman–Crippen MR) is 86.0 cm³/mol. The molecule has 0 heterocycles. The van der Waals surface area contributed by atoms with Gasteiger partial charge in [-0.3, -0.25) is 4.90 Å². The average Bonchev–Trinajstić information content (AvgIpc) is 2.45. The van der Waals surface area contributed by atoms with Crippen molar-refractivity contribution in [3.63, 3.8) is 0 Å². The van der Waals surface area contributed by atoms with Crippen molar-refractivity contribution in [2.75, 3.05) is 26.8 Å². The Morgan fingerprint density at radius 1 is 1.20 bits per heavy atom. The number of benzene rings is 1. The van der Waals surface area contributed by atoms with Crippen molar-refractivity contribution < 1.29 is 4.74 Å². The van der Waals surface area contributed by atoms with Crippen LogP contribution in [0.25, 0.3) is 0 Å². The summed E-state index contributed by atoms with van der Waals surface area (Å²) in [7, 11) is 1.75. The second-order valence-corrected chi connectivity index (χ2v) is 5.49. The van der Waals surface area contributed by atoms with Crippen LogP contribution in [0, 0.1) is 0 Å². The summed E-state index contributed by atoms with van der Waals surface area (Å²) in [4.78, 5) is 2.37. The van der Waals surface area contributed by atoms with Crippen molar-refractivity contribution in [2.24, 2.45) is 5.73 Å². The average molecular weight is 278 g/mol. The fourth-order valence-corrected chi connectivity index (χ4v) is 2.55. The number of nitrogens with two attached hydrogens (primary N) is 1. The van der Waals surface area contributed by atoms with Gasteiger partial charge in [-0.15, -0.1) is 0 Å². The van der Waals surface area contributed by atoms with Gasteiger partial charge in [-0.05, 0) is 31.0 Å². The van der Waals surface area contributed by atoms with Gasteiger partial charge >= 0.3 is 0 Å². The van der Waals surface area contributed by atoms with Gasteiger partial charge in [0.15, 0.2) is 0 Å². The molecule has 0 saturated heterocycles. The van der Waals surface area contributed by atoms with E-state index in [0.717, 1.165) is 26.1 Å². The minimum atomic E-state index is 0.0601. The molecule has 0 aromatic heterocycles. The normalized spacial score (nSPS) is 14.5. The Labute approximate surface area is 124 Å². The number of likely N-dealkylation sites (N-methyl/N-ethyl adjacent to an activating group) is 1. The van der Waals surface area contributed by atoms with Gasteiger partial charge in [-0.2, -0.15) is 0 Å². The smallest absolute Gasteiger partial charge is 0.0615 e. The van der Waals surface area contributed by atoms with Crippen molar-refractivity contribution in [1.29, 1.82) is 0 Å². The molecule has 0 spiro atoms. The van der Waals surface area contributed by atoms with E-state index in [1.807, 2.05) is 0 Å². The fraction of sp³-hybridized carbons (Fsp3) is 0.647. The van der Waals surface area contributed by atoms with Crippen LogP contribution in [0.2, 0.25) is 0 Å². The third-order valence-corrected chi connectivity index (χ3v) is 3.82. The van der Waals surface area contributed by atoms with Gasteiger partial charge in [0.2, 0.25) is 0 Å². The first-order valence-corrected chi connectivity index (χ1v) is 7.69. The number of rotatable bonds is 9. The lowest BCUT2D eigenvalue weighted by Crippen LogP contribution is -2.40. The van der Waals surface area contributed by atoms with Gasteiger partial charge in [0.05, 0.1) is 6.61 Å². The molecule has 1 aromatic carbocycles. The highest BCUT2D eigenvalue weighted by molar-refractivity contribution is 5.25. The van der Waals surface area contributed by atoms with Crippen molar-refractivity contribution >= 4 is 0 Å². The topological polar surface area (TPSA) is 38.5 Å². The van der Waals surface area contributed by atoms with E-state index < -0.39 is 0 Å². The van der Waals surface area contributed by atoms with E-state index >= 15 is 0 Å². The molecule has 0 saturated carbocycles. The van der Waals surface area contributed by atoms with E-state index in [4.69, 9.17) is 10.5 Å². The summed E-state index contributed by atoms with van der Waals surface area (Å²) in [5.74, 6) is 0. The molecule has 20 heavy (non-hydrogen) atoms. The molecule has 0 amide bonds. The molecule has 3 heteroatoms. The first kappa shape index (κ1) is 17.2. The molecule has 0 radical (unpaired) electrons. The molecule has 0 aliphatic carbocycles. The zero-order chi connectivity index (χ0) is 15.0. The Kier molecular flexibility index (Phi) is 7.82. The highest BCUT2D eigenvalue weighted by atomic mass is 16.5. The number of methoxy groups -OCH3 is 1. The van der Waals surface area contributed by atoms with Gasteiger partial charge in [0, 0.05) is 25.7 Å². The minimum absolute atomic E-state index is 0.0601. The van der Waals surface area contributed by atoms with E-state index in [1.165, 1.54) is 17.5 Å². The maximum Gasteiger partial charge on any atom is 0.0615 e. The molecule has 2 unspecified atom stereocenters. The standard InChI is InChI=1S/C17H30N2O/c1-5-7-15-8-10-16(11-9-15)17(18)12-19(6-2)14(3)13-20-4/h8-11,14,17H,5-7,12-13,18H2,1-4H3. The second kappa shape index (κ2) is 9.11. The Hall–Kier alpha value is -0.900. The monoisotopic (exact) mass is 278 g/mol. The van der Waals surface area contributed by atoms with Gasteiger partial charge in [-0.25, -0.2) is 0 Å². The number of nitrogens with zero attached hydrogens (tertiary/aromatic N) is 1. The largest absolute Gasteiger partial charge is 0.383 e. The molecule has 1 aromatic rings. The Morgan fingerprint density at radius 2 is 1.85 bits per heavy atom. The summed E-state index contributed by atoms with van der Waals surface area (Å²) < 4.78 is 5.23. The van der Waals surface area contributed by atoms with Gasteiger partial charge < -0.3 is 10.5 Å². The van der Waals surface area contributed by atoms with E-state index in [-0.39, 0.29) is 6.04 Å². The van der Waals surface area contributed by atoms with Crippen molar-refractivity contribution in [3.05, 3.63) is 35.4 Å². The maximum atomic E-state index is 6.35. The van der Waals surface area contributed by atoms with Crippen molar-refractivity contribution in [1.82, 2.24) is 4.90 Å². The molecular formula is C17H30N2O. The molecule has 2 N–H and O–H groups in total. The summed E-state index contributed by atoms with van der Waals surface area (Å²) in [6.45, 7) is 9.17. The predicted octanol–water partition coefficient (Wildman–Crippen LogP) is 3.00. The van der Waals surface area contributed by atoms with Crippen molar-refractivity contribution in [3.8, 4) is 0 Å². The van der Waals surface area contributed by atoms with Crippen LogP contribution in [0.4, 0.5) is 0 Å². The SMILES string of the molecule is CCCc1ccc(C(N)CN(CC)C(C)COC)cc1. The molecule has 0 bridgehead atoms. The van der Waals surface area contributed by atoms with Gasteiger partial charge in [0.1, 0.15) is 0 Å². The van der Waals surface area contributed by atoms with Crippen LogP contribution in [-0.2, 0) is 11.2 Å². The Morgan fingerprint density at radius 3 is 2.35 bits per heavy atom. The number of aryl methyl sites for hydroxylation is 1. The summed E-state index contributed by atoms with van der Waals surface area (Å²) >= 11 is 0. The summed E-state index contributed by atoms with van der Waals surface area (Å²) in [5.41, 5.74) is 8.95. The van der Waals surface area contributed by atoms with Gasteiger partial charge in [0.25, 0.3) is 0 Å². The van der Waals surface area contributed by atoms with E-state index in [2.05, 4.69) is 49.9 Å². The zero-order valence-electron chi connectivity index (χ0n) is 13.4. The highest BCUT2D eigenvalue weighted by Crippen LogP contribution is 2.15. The minimum Gasteiger partial charge on any atom is -0.383 e. The molecule has 0 fully saturated rings. The molecule has 0 aliphatic rings. The van der Waals surface area contributed by atoms with Crippen molar-refractivity contribution in [2.45, 2.75) is 45.7 Å².